The van der Waals surface area contributed by atoms with Crippen molar-refractivity contribution in [2.45, 2.75) is 47.6 Å². The molecule has 0 aromatic rings. The highest BCUT2D eigenvalue weighted by atomic mass is 14.9. The molecule has 3 heteroatoms. The first-order valence-corrected chi connectivity index (χ1v) is 4.62. The molecule has 0 aliphatic heterocycles. The summed E-state index contributed by atoms with van der Waals surface area (Å²) in [6.07, 6.45) is 0. The summed E-state index contributed by atoms with van der Waals surface area (Å²) in [5.74, 6) is 1.10. The van der Waals surface area contributed by atoms with E-state index >= 15 is 0 Å². The van der Waals surface area contributed by atoms with Crippen LogP contribution in [0, 0.1) is 11.3 Å². The molecule has 3 nitrogen and oxygen atoms in total. The zero-order valence-corrected chi connectivity index (χ0v) is 9.68. The summed E-state index contributed by atoms with van der Waals surface area (Å²) < 4.78 is 0. The molecule has 0 unspecified atom stereocenters. The van der Waals surface area contributed by atoms with Crippen LogP contribution in [0.1, 0.15) is 41.5 Å². The average molecular weight is 185 g/mol. The first-order valence-electron chi connectivity index (χ1n) is 4.62. The molecule has 0 aromatic heterocycles. The molecule has 0 atom stereocenters. The second kappa shape index (κ2) is 7.77. The Hall–Kier alpha value is -0.860. The minimum atomic E-state index is 0.338. The third-order valence-electron chi connectivity index (χ3n) is 1.33. The van der Waals surface area contributed by atoms with E-state index in [0.29, 0.717) is 17.8 Å². The van der Waals surface area contributed by atoms with Gasteiger partial charge in [0.05, 0.1) is 5.84 Å². The van der Waals surface area contributed by atoms with Crippen LogP contribution in [0.3, 0.4) is 0 Å². The van der Waals surface area contributed by atoms with E-state index in [0.717, 1.165) is 5.71 Å². The zero-order chi connectivity index (χ0) is 11.0. The predicted octanol–water partition coefficient (Wildman–Crippen LogP) is 2.45. The Morgan fingerprint density at radius 1 is 1.15 bits per heavy atom. The van der Waals surface area contributed by atoms with Crippen LogP contribution in [-0.2, 0) is 0 Å². The molecule has 0 aliphatic rings. The zero-order valence-electron chi connectivity index (χ0n) is 9.68. The Kier molecular flexibility index (Phi) is 8.76. The van der Waals surface area contributed by atoms with Crippen molar-refractivity contribution in [3.05, 3.63) is 0 Å². The summed E-state index contributed by atoms with van der Waals surface area (Å²) in [7, 11) is 0. The van der Waals surface area contributed by atoms with Crippen LogP contribution in [-0.4, -0.2) is 17.6 Å². The Balaban J connectivity index is 0. The topological polar surface area (TPSA) is 62.2 Å². The number of amidine groups is 1. The Labute approximate surface area is 82.0 Å². The lowest BCUT2D eigenvalue weighted by Gasteiger charge is -1.95. The second-order valence-corrected chi connectivity index (χ2v) is 3.70. The number of nitrogens with zero attached hydrogens (tertiary/aromatic N) is 1. The van der Waals surface area contributed by atoms with Crippen LogP contribution in [0.25, 0.3) is 0 Å². The second-order valence-electron chi connectivity index (χ2n) is 3.70. The van der Waals surface area contributed by atoms with E-state index in [9.17, 15) is 0 Å². The maximum atomic E-state index is 6.95. The van der Waals surface area contributed by atoms with Crippen LogP contribution in [0.5, 0.6) is 0 Å². The fraction of sp³-hybridized carbons (Fsp3) is 0.800. The van der Waals surface area contributed by atoms with Crippen molar-refractivity contribution < 1.29 is 0 Å². The number of nitrogens with one attached hydrogen (secondary N) is 1. The van der Waals surface area contributed by atoms with Crippen LogP contribution < -0.4 is 5.73 Å². The molecule has 0 radical (unpaired) electrons. The van der Waals surface area contributed by atoms with Crippen molar-refractivity contribution in [1.82, 2.24) is 0 Å². The van der Waals surface area contributed by atoms with Crippen LogP contribution in [0.4, 0.5) is 0 Å². The number of hydrogen-bond donors (Lipinski definition) is 2. The van der Waals surface area contributed by atoms with Crippen LogP contribution in [0.2, 0.25) is 0 Å². The molecule has 0 saturated carbocycles. The average Bonchev–Trinajstić information content (AvgIpc) is 1.84. The normalized spacial score (nSPS) is 11.2. The highest BCUT2D eigenvalue weighted by Crippen LogP contribution is 1.90. The van der Waals surface area contributed by atoms with Gasteiger partial charge < -0.3 is 11.1 Å². The first kappa shape index (κ1) is 14.7. The van der Waals surface area contributed by atoms with Crippen molar-refractivity contribution in [2.75, 3.05) is 0 Å². The third kappa shape index (κ3) is 18.3. The summed E-state index contributed by atoms with van der Waals surface area (Å²) in [6.45, 7) is 11.6. The lowest BCUT2D eigenvalue weighted by Crippen LogP contribution is -2.08. The number of nitrogens with two attached hydrogens (primary N) is 1. The quantitative estimate of drug-likeness (QED) is 0.504. The summed E-state index contributed by atoms with van der Waals surface area (Å²) >= 11 is 0. The smallest absolute Gasteiger partial charge is 0.0908 e. The standard InChI is InChI=1S/C5H12N2.C5H11N/c1-4(2)7-5(3)6;1-4(2)5(3)6/h4H,1-3H3,(H2,6,7);4,6H,1-3H3. The number of hydrogen-bond acceptors (Lipinski definition) is 2. The van der Waals surface area contributed by atoms with E-state index in [-0.39, 0.29) is 0 Å². The van der Waals surface area contributed by atoms with E-state index in [1.54, 1.807) is 6.92 Å². The summed E-state index contributed by atoms with van der Waals surface area (Å²) in [5, 5.41) is 6.95. The minimum absolute atomic E-state index is 0.338. The molecule has 13 heavy (non-hydrogen) atoms. The molecule has 0 aliphatic carbocycles. The monoisotopic (exact) mass is 185 g/mol. The summed E-state index contributed by atoms with van der Waals surface area (Å²) in [4.78, 5) is 3.97. The van der Waals surface area contributed by atoms with Gasteiger partial charge in [-0.05, 0) is 33.6 Å². The van der Waals surface area contributed by atoms with Crippen LogP contribution in [0.15, 0.2) is 4.99 Å². The Morgan fingerprint density at radius 3 is 1.46 bits per heavy atom. The molecular formula is C10H23N3. The molecule has 0 fully saturated rings. The van der Waals surface area contributed by atoms with Crippen molar-refractivity contribution in [1.29, 1.82) is 5.41 Å². The maximum absolute atomic E-state index is 6.95. The van der Waals surface area contributed by atoms with Crippen LogP contribution >= 0.6 is 0 Å². The molecule has 0 saturated heterocycles. The number of aliphatic imine (C=N–C) groups is 1. The molecule has 0 aromatic carbocycles. The molecule has 0 rings (SSSR count). The fourth-order valence-electron chi connectivity index (χ4n) is 0.407. The van der Waals surface area contributed by atoms with Gasteiger partial charge in [-0.1, -0.05) is 13.8 Å². The van der Waals surface area contributed by atoms with Gasteiger partial charge >= 0.3 is 0 Å². The predicted molar refractivity (Wildman–Crippen MR) is 60.7 cm³/mol. The van der Waals surface area contributed by atoms with Gasteiger partial charge in [-0.15, -0.1) is 0 Å². The SMILES string of the molecule is CC(=N)C(C)C.CC(N)=NC(C)C. The fourth-order valence-corrected chi connectivity index (χ4v) is 0.407. The van der Waals surface area contributed by atoms with Gasteiger partial charge in [0.15, 0.2) is 0 Å². The van der Waals surface area contributed by atoms with E-state index in [1.165, 1.54) is 0 Å². The Morgan fingerprint density at radius 2 is 1.46 bits per heavy atom. The van der Waals surface area contributed by atoms with Gasteiger partial charge in [0.1, 0.15) is 0 Å². The van der Waals surface area contributed by atoms with E-state index in [1.807, 2.05) is 34.6 Å². The molecular weight excluding hydrogens is 162 g/mol. The highest BCUT2D eigenvalue weighted by molar-refractivity contribution is 5.80. The summed E-state index contributed by atoms with van der Waals surface area (Å²) in [5.41, 5.74) is 6.00. The lowest BCUT2D eigenvalue weighted by molar-refractivity contribution is 0.833. The molecule has 78 valence electrons. The van der Waals surface area contributed by atoms with E-state index in [4.69, 9.17) is 11.1 Å². The van der Waals surface area contributed by atoms with E-state index < -0.39 is 0 Å². The lowest BCUT2D eigenvalue weighted by atomic mass is 10.1. The minimum Gasteiger partial charge on any atom is -0.388 e. The van der Waals surface area contributed by atoms with Crippen molar-refractivity contribution in [2.24, 2.45) is 16.6 Å². The molecule has 3 N–H and O–H groups in total. The van der Waals surface area contributed by atoms with Gasteiger partial charge in [-0.3, -0.25) is 4.99 Å². The van der Waals surface area contributed by atoms with Crippen molar-refractivity contribution >= 4 is 11.5 Å². The Bertz CT molecular complexity index is 165. The molecule has 0 heterocycles. The van der Waals surface area contributed by atoms with Gasteiger partial charge in [0.25, 0.3) is 0 Å². The maximum Gasteiger partial charge on any atom is 0.0908 e. The molecule has 0 spiro atoms. The van der Waals surface area contributed by atoms with Gasteiger partial charge in [0.2, 0.25) is 0 Å². The molecule has 0 bridgehead atoms. The van der Waals surface area contributed by atoms with Crippen molar-refractivity contribution in [3.63, 3.8) is 0 Å². The van der Waals surface area contributed by atoms with Crippen molar-refractivity contribution in [3.8, 4) is 0 Å². The van der Waals surface area contributed by atoms with Gasteiger partial charge in [0, 0.05) is 11.8 Å². The molecule has 0 amide bonds. The highest BCUT2D eigenvalue weighted by Gasteiger charge is 1.90. The third-order valence-corrected chi connectivity index (χ3v) is 1.33. The summed E-state index contributed by atoms with van der Waals surface area (Å²) in [6, 6.07) is 0.338. The van der Waals surface area contributed by atoms with Gasteiger partial charge in [-0.25, -0.2) is 0 Å². The van der Waals surface area contributed by atoms with Gasteiger partial charge in [-0.2, -0.15) is 0 Å². The first-order chi connectivity index (χ1) is 5.77. The number of rotatable bonds is 2. The largest absolute Gasteiger partial charge is 0.388 e. The van der Waals surface area contributed by atoms with E-state index in [2.05, 4.69) is 4.99 Å².